The van der Waals surface area contributed by atoms with Crippen LogP contribution in [0.3, 0.4) is 0 Å². The van der Waals surface area contributed by atoms with Gasteiger partial charge in [0.1, 0.15) is 6.61 Å². The van der Waals surface area contributed by atoms with E-state index < -0.39 is 0 Å². The van der Waals surface area contributed by atoms with Gasteiger partial charge in [-0.05, 0) is 73.6 Å². The molecule has 0 radical (unpaired) electrons. The Kier molecular flexibility index (Phi) is 5.99. The van der Waals surface area contributed by atoms with Crippen molar-refractivity contribution in [3.8, 4) is 11.5 Å². The molecular formula is C31H34N2O2. The number of hydrogen-bond donors (Lipinski definition) is 0. The van der Waals surface area contributed by atoms with Crippen LogP contribution < -0.4 is 9.47 Å². The highest BCUT2D eigenvalue weighted by molar-refractivity contribution is 5.87. The molecule has 1 aromatic heterocycles. The van der Waals surface area contributed by atoms with Gasteiger partial charge in [0.05, 0.1) is 13.2 Å². The first kappa shape index (κ1) is 22.2. The molecule has 1 unspecified atom stereocenters. The van der Waals surface area contributed by atoms with Crippen LogP contribution >= 0.6 is 0 Å². The third kappa shape index (κ3) is 4.21. The van der Waals surface area contributed by atoms with Gasteiger partial charge in [-0.25, -0.2) is 0 Å². The van der Waals surface area contributed by atoms with Crippen molar-refractivity contribution in [2.45, 2.75) is 58.3 Å². The number of fused-ring (bicyclic) bond motifs is 3. The lowest BCUT2D eigenvalue weighted by Gasteiger charge is -2.34. The number of ether oxygens (including phenoxy) is 2. The average Bonchev–Trinajstić information content (AvgIpc) is 3.08. The molecule has 1 aliphatic heterocycles. The standard InChI is InChI=1S/C31H34N2O2/c1-22-12-14-27-26(18-22)25-10-6-11-28-31(25)33(27)17-7-16-32(28)20-24-13-15-29(34-2)30(19-24)35-21-23-8-4-3-5-9-23/h3-5,8-9,12-15,18-19,28H,6-7,10-11,16-17,20-21H2,1-2H3. The maximum atomic E-state index is 6.21. The molecule has 0 saturated carbocycles. The van der Waals surface area contributed by atoms with E-state index in [-0.39, 0.29) is 0 Å². The van der Waals surface area contributed by atoms with Gasteiger partial charge in [0.15, 0.2) is 11.5 Å². The molecule has 0 amide bonds. The van der Waals surface area contributed by atoms with Gasteiger partial charge < -0.3 is 14.0 Å². The third-order valence-corrected chi connectivity index (χ3v) is 7.71. The van der Waals surface area contributed by atoms with Gasteiger partial charge in [-0.15, -0.1) is 0 Å². The summed E-state index contributed by atoms with van der Waals surface area (Å²) in [6.07, 6.45) is 4.87. The van der Waals surface area contributed by atoms with Crippen LogP contribution in [0.1, 0.15) is 53.3 Å². The Morgan fingerprint density at radius 2 is 1.77 bits per heavy atom. The number of hydrogen-bond acceptors (Lipinski definition) is 3. The van der Waals surface area contributed by atoms with Gasteiger partial charge in [0.25, 0.3) is 0 Å². The van der Waals surface area contributed by atoms with Crippen molar-refractivity contribution in [2.75, 3.05) is 13.7 Å². The molecule has 3 aromatic carbocycles. The smallest absolute Gasteiger partial charge is 0.161 e. The first-order chi connectivity index (χ1) is 17.2. The van der Waals surface area contributed by atoms with E-state index in [2.05, 4.69) is 64.9 Å². The van der Waals surface area contributed by atoms with Crippen LogP contribution in [0.4, 0.5) is 0 Å². The predicted molar refractivity (Wildman–Crippen MR) is 141 cm³/mol. The fraction of sp³-hybridized carbons (Fsp3) is 0.355. The minimum absolute atomic E-state index is 0.477. The van der Waals surface area contributed by atoms with Crippen LogP contribution in [0.2, 0.25) is 0 Å². The first-order valence-electron chi connectivity index (χ1n) is 12.9. The molecule has 0 N–H and O–H groups in total. The van der Waals surface area contributed by atoms with E-state index in [1.54, 1.807) is 18.4 Å². The van der Waals surface area contributed by atoms with Crippen LogP contribution in [0.15, 0.2) is 66.7 Å². The fourth-order valence-corrected chi connectivity index (χ4v) is 6.09. The fourth-order valence-electron chi connectivity index (χ4n) is 6.09. The van der Waals surface area contributed by atoms with Crippen molar-refractivity contribution >= 4 is 10.9 Å². The summed E-state index contributed by atoms with van der Waals surface area (Å²) < 4.78 is 14.5. The quantitative estimate of drug-likeness (QED) is 0.312. The zero-order valence-corrected chi connectivity index (χ0v) is 20.8. The van der Waals surface area contributed by atoms with Crippen molar-refractivity contribution in [1.82, 2.24) is 9.47 Å². The molecule has 6 rings (SSSR count). The van der Waals surface area contributed by atoms with Crippen LogP contribution in [0.25, 0.3) is 10.9 Å². The van der Waals surface area contributed by atoms with Crippen molar-refractivity contribution in [3.05, 3.63) is 94.7 Å². The number of benzene rings is 3. The normalized spacial score (nSPS) is 17.7. The second-order valence-electron chi connectivity index (χ2n) is 10.0. The Hall–Kier alpha value is -3.24. The highest BCUT2D eigenvalue weighted by Gasteiger charge is 2.33. The van der Waals surface area contributed by atoms with Gasteiger partial charge in [-0.3, -0.25) is 4.90 Å². The predicted octanol–water partition coefficient (Wildman–Crippen LogP) is 6.82. The van der Waals surface area contributed by atoms with Crippen molar-refractivity contribution < 1.29 is 9.47 Å². The van der Waals surface area contributed by atoms with E-state index in [9.17, 15) is 0 Å². The molecule has 4 heteroatoms. The van der Waals surface area contributed by atoms with Crippen molar-refractivity contribution in [2.24, 2.45) is 0 Å². The van der Waals surface area contributed by atoms with Gasteiger partial charge in [-0.1, -0.05) is 48.0 Å². The summed E-state index contributed by atoms with van der Waals surface area (Å²) in [5.41, 5.74) is 8.38. The maximum absolute atomic E-state index is 6.21. The monoisotopic (exact) mass is 466 g/mol. The van der Waals surface area contributed by atoms with E-state index in [0.717, 1.165) is 36.7 Å². The highest BCUT2D eigenvalue weighted by Crippen LogP contribution is 2.43. The Morgan fingerprint density at radius 3 is 2.63 bits per heavy atom. The highest BCUT2D eigenvalue weighted by atomic mass is 16.5. The van der Waals surface area contributed by atoms with Gasteiger partial charge in [-0.2, -0.15) is 0 Å². The summed E-state index contributed by atoms with van der Waals surface area (Å²) >= 11 is 0. The van der Waals surface area contributed by atoms with Gasteiger partial charge in [0.2, 0.25) is 0 Å². The second kappa shape index (κ2) is 9.43. The summed E-state index contributed by atoms with van der Waals surface area (Å²) in [6, 6.07) is 24.2. The Labute approximate surface area is 208 Å². The van der Waals surface area contributed by atoms with Crippen LogP contribution in [0.5, 0.6) is 11.5 Å². The molecule has 0 fully saturated rings. The number of methoxy groups -OCH3 is 1. The summed E-state index contributed by atoms with van der Waals surface area (Å²) in [5.74, 6) is 1.61. The molecule has 1 aliphatic carbocycles. The largest absolute Gasteiger partial charge is 0.493 e. The van der Waals surface area contributed by atoms with Crippen molar-refractivity contribution in [3.63, 3.8) is 0 Å². The number of aryl methyl sites for hydroxylation is 3. The lowest BCUT2D eigenvalue weighted by atomic mass is 9.90. The molecule has 0 bridgehead atoms. The zero-order valence-electron chi connectivity index (χ0n) is 20.8. The number of aromatic nitrogens is 1. The summed E-state index contributed by atoms with van der Waals surface area (Å²) in [5, 5.41) is 1.48. The maximum Gasteiger partial charge on any atom is 0.161 e. The molecule has 0 spiro atoms. The second-order valence-corrected chi connectivity index (χ2v) is 10.0. The van der Waals surface area contributed by atoms with E-state index >= 15 is 0 Å². The Balaban J connectivity index is 1.29. The Bertz CT molecular complexity index is 1340. The molecule has 2 heterocycles. The number of nitrogens with zero attached hydrogens (tertiary/aromatic N) is 2. The third-order valence-electron chi connectivity index (χ3n) is 7.71. The number of rotatable bonds is 6. The van der Waals surface area contributed by atoms with E-state index in [0.29, 0.717) is 12.6 Å². The van der Waals surface area contributed by atoms with E-state index in [1.165, 1.54) is 47.7 Å². The molecule has 35 heavy (non-hydrogen) atoms. The summed E-state index contributed by atoms with van der Waals surface area (Å²) in [4.78, 5) is 2.70. The minimum atomic E-state index is 0.477. The van der Waals surface area contributed by atoms with Gasteiger partial charge >= 0.3 is 0 Å². The first-order valence-corrected chi connectivity index (χ1v) is 12.9. The Morgan fingerprint density at radius 1 is 0.886 bits per heavy atom. The lowest BCUT2D eigenvalue weighted by molar-refractivity contribution is 0.173. The summed E-state index contributed by atoms with van der Waals surface area (Å²) in [6.45, 7) is 5.90. The summed E-state index contributed by atoms with van der Waals surface area (Å²) in [7, 11) is 1.71. The molecular weight excluding hydrogens is 432 g/mol. The zero-order chi connectivity index (χ0) is 23.8. The van der Waals surface area contributed by atoms with E-state index in [4.69, 9.17) is 9.47 Å². The van der Waals surface area contributed by atoms with Gasteiger partial charge in [0, 0.05) is 36.2 Å². The minimum Gasteiger partial charge on any atom is -0.493 e. The molecule has 2 aliphatic rings. The van der Waals surface area contributed by atoms with Crippen LogP contribution in [0, 0.1) is 6.92 Å². The van der Waals surface area contributed by atoms with Crippen LogP contribution in [-0.2, 0) is 26.1 Å². The molecule has 180 valence electrons. The molecule has 4 aromatic rings. The van der Waals surface area contributed by atoms with Crippen LogP contribution in [-0.4, -0.2) is 23.1 Å². The molecule has 1 atom stereocenters. The van der Waals surface area contributed by atoms with E-state index in [1.807, 2.05) is 18.2 Å². The molecule has 4 nitrogen and oxygen atoms in total. The van der Waals surface area contributed by atoms with Crippen molar-refractivity contribution in [1.29, 1.82) is 0 Å². The molecule has 0 saturated heterocycles. The average molecular weight is 467 g/mol. The SMILES string of the molecule is COc1ccc(CN2CCCn3c4c(c5cc(C)ccc53)CCCC42)cc1OCc1ccccc1. The lowest BCUT2D eigenvalue weighted by Crippen LogP contribution is -2.31. The topological polar surface area (TPSA) is 26.6 Å².